The first-order chi connectivity index (χ1) is 9.47. The Bertz CT molecular complexity index is 372. The monoisotopic (exact) mass is 294 g/mol. The van der Waals surface area contributed by atoms with Crippen LogP contribution in [-0.2, 0) is 0 Å². The summed E-state index contributed by atoms with van der Waals surface area (Å²) in [6, 6.07) is 6.55. The Morgan fingerprint density at radius 3 is 1.95 bits per heavy atom. The van der Waals surface area contributed by atoms with Crippen molar-refractivity contribution < 1.29 is 4.74 Å². The lowest BCUT2D eigenvalue weighted by Gasteiger charge is -2.20. The molecule has 0 fully saturated rings. The number of rotatable bonds is 8. The molecule has 1 aromatic rings. The van der Waals surface area contributed by atoms with Crippen LogP contribution in [-0.4, -0.2) is 12.4 Å². The standard InChI is InChI=1S/C18H30OS/c1-13(2)16-7-6-8-17(14(3)4)18(16)19-11-9-15(5)10-12-20/h6-8,13-15,20H,9-12H2,1-5H3. The summed E-state index contributed by atoms with van der Waals surface area (Å²) in [6.45, 7) is 12.0. The molecule has 0 saturated heterocycles. The summed E-state index contributed by atoms with van der Waals surface area (Å²) in [5, 5.41) is 0. The molecule has 0 amide bonds. The van der Waals surface area contributed by atoms with Crippen molar-refractivity contribution >= 4 is 12.6 Å². The molecule has 1 aromatic carbocycles. The minimum atomic E-state index is 0.499. The van der Waals surface area contributed by atoms with Crippen LogP contribution >= 0.6 is 12.6 Å². The molecular weight excluding hydrogens is 264 g/mol. The van der Waals surface area contributed by atoms with E-state index in [2.05, 4.69) is 65.4 Å². The summed E-state index contributed by atoms with van der Waals surface area (Å²) in [5.41, 5.74) is 2.66. The molecule has 0 aromatic heterocycles. The van der Waals surface area contributed by atoms with Gasteiger partial charge in [-0.3, -0.25) is 0 Å². The van der Waals surface area contributed by atoms with Gasteiger partial charge in [0.2, 0.25) is 0 Å². The number of ether oxygens (including phenoxy) is 1. The number of thiol groups is 1. The quantitative estimate of drug-likeness (QED) is 0.609. The Hall–Kier alpha value is -0.630. The minimum absolute atomic E-state index is 0.499. The van der Waals surface area contributed by atoms with E-state index in [1.807, 2.05) is 0 Å². The van der Waals surface area contributed by atoms with Gasteiger partial charge in [-0.05, 0) is 47.5 Å². The zero-order valence-corrected chi connectivity index (χ0v) is 14.5. The van der Waals surface area contributed by atoms with Crippen molar-refractivity contribution in [2.75, 3.05) is 12.4 Å². The van der Waals surface area contributed by atoms with E-state index >= 15 is 0 Å². The molecule has 0 aliphatic rings. The van der Waals surface area contributed by atoms with E-state index in [-0.39, 0.29) is 0 Å². The summed E-state index contributed by atoms with van der Waals surface area (Å²) in [5.74, 6) is 3.76. The SMILES string of the molecule is CC(CCS)CCOc1c(C(C)C)cccc1C(C)C. The average Bonchev–Trinajstić information content (AvgIpc) is 2.38. The highest BCUT2D eigenvalue weighted by molar-refractivity contribution is 7.80. The summed E-state index contributed by atoms with van der Waals surface area (Å²) in [7, 11) is 0. The molecule has 0 aliphatic carbocycles. The Morgan fingerprint density at radius 2 is 1.50 bits per heavy atom. The van der Waals surface area contributed by atoms with Crippen LogP contribution in [0, 0.1) is 5.92 Å². The highest BCUT2D eigenvalue weighted by Crippen LogP contribution is 2.34. The Labute approximate surface area is 130 Å². The molecule has 1 atom stereocenters. The van der Waals surface area contributed by atoms with Gasteiger partial charge in [-0.25, -0.2) is 0 Å². The molecule has 0 heterocycles. The summed E-state index contributed by atoms with van der Waals surface area (Å²) in [4.78, 5) is 0. The second-order valence-corrected chi connectivity index (χ2v) is 6.78. The van der Waals surface area contributed by atoms with Crippen LogP contribution in [0.25, 0.3) is 0 Å². The summed E-state index contributed by atoms with van der Waals surface area (Å²) >= 11 is 4.30. The zero-order valence-electron chi connectivity index (χ0n) is 13.6. The van der Waals surface area contributed by atoms with Gasteiger partial charge in [0.1, 0.15) is 5.75 Å². The van der Waals surface area contributed by atoms with Gasteiger partial charge in [-0.15, -0.1) is 0 Å². The van der Waals surface area contributed by atoms with E-state index in [4.69, 9.17) is 4.74 Å². The van der Waals surface area contributed by atoms with Crippen molar-refractivity contribution in [1.82, 2.24) is 0 Å². The maximum atomic E-state index is 6.18. The summed E-state index contributed by atoms with van der Waals surface area (Å²) < 4.78 is 6.18. The average molecular weight is 295 g/mol. The molecule has 0 aliphatic heterocycles. The molecule has 1 nitrogen and oxygen atoms in total. The molecular formula is C18H30OS. The van der Waals surface area contributed by atoms with Gasteiger partial charge in [0.25, 0.3) is 0 Å². The molecule has 0 radical (unpaired) electrons. The predicted molar refractivity (Wildman–Crippen MR) is 92.4 cm³/mol. The zero-order chi connectivity index (χ0) is 15.1. The van der Waals surface area contributed by atoms with Crippen LogP contribution in [0.15, 0.2) is 18.2 Å². The lowest BCUT2D eigenvalue weighted by molar-refractivity contribution is 0.275. The molecule has 1 unspecified atom stereocenters. The van der Waals surface area contributed by atoms with Crippen molar-refractivity contribution in [2.45, 2.75) is 59.3 Å². The van der Waals surface area contributed by atoms with Gasteiger partial charge in [0.05, 0.1) is 6.61 Å². The number of hydrogen-bond acceptors (Lipinski definition) is 2. The van der Waals surface area contributed by atoms with Crippen LogP contribution in [0.3, 0.4) is 0 Å². The van der Waals surface area contributed by atoms with Crippen molar-refractivity contribution in [3.8, 4) is 5.75 Å². The van der Waals surface area contributed by atoms with Gasteiger partial charge >= 0.3 is 0 Å². The van der Waals surface area contributed by atoms with E-state index in [9.17, 15) is 0 Å². The van der Waals surface area contributed by atoms with Gasteiger partial charge in [0, 0.05) is 0 Å². The third-order valence-corrected chi connectivity index (χ3v) is 4.06. The molecule has 20 heavy (non-hydrogen) atoms. The van der Waals surface area contributed by atoms with Crippen LogP contribution in [0.2, 0.25) is 0 Å². The van der Waals surface area contributed by atoms with E-state index in [0.29, 0.717) is 17.8 Å². The first-order valence-electron chi connectivity index (χ1n) is 7.83. The van der Waals surface area contributed by atoms with Gasteiger partial charge in [-0.1, -0.05) is 52.8 Å². The second-order valence-electron chi connectivity index (χ2n) is 6.33. The fraction of sp³-hybridized carbons (Fsp3) is 0.667. The first kappa shape index (κ1) is 17.4. The molecule has 2 heteroatoms. The smallest absolute Gasteiger partial charge is 0.126 e. The number of hydrogen-bond donors (Lipinski definition) is 1. The molecule has 0 saturated carbocycles. The normalized spacial score (nSPS) is 13.0. The van der Waals surface area contributed by atoms with Crippen LogP contribution in [0.4, 0.5) is 0 Å². The predicted octanol–water partition coefficient (Wildman–Crippen LogP) is 5.66. The van der Waals surface area contributed by atoms with Crippen molar-refractivity contribution in [2.24, 2.45) is 5.92 Å². The van der Waals surface area contributed by atoms with Crippen LogP contribution in [0.5, 0.6) is 5.75 Å². The maximum Gasteiger partial charge on any atom is 0.126 e. The number of para-hydroxylation sites is 1. The van der Waals surface area contributed by atoms with Gasteiger partial charge in [0.15, 0.2) is 0 Å². The van der Waals surface area contributed by atoms with Crippen LogP contribution < -0.4 is 4.74 Å². The Morgan fingerprint density at radius 1 is 0.950 bits per heavy atom. The van der Waals surface area contributed by atoms with Gasteiger partial charge < -0.3 is 4.74 Å². The number of benzene rings is 1. The van der Waals surface area contributed by atoms with Gasteiger partial charge in [-0.2, -0.15) is 12.6 Å². The second kappa shape index (κ2) is 8.61. The fourth-order valence-corrected chi connectivity index (χ4v) is 2.82. The molecule has 0 N–H and O–H groups in total. The fourth-order valence-electron chi connectivity index (χ4n) is 2.38. The topological polar surface area (TPSA) is 9.23 Å². The van der Waals surface area contributed by atoms with E-state index < -0.39 is 0 Å². The lowest BCUT2D eigenvalue weighted by Crippen LogP contribution is -2.08. The van der Waals surface area contributed by atoms with E-state index in [0.717, 1.165) is 31.0 Å². The Balaban J connectivity index is 2.80. The maximum absolute atomic E-state index is 6.18. The molecule has 0 spiro atoms. The minimum Gasteiger partial charge on any atom is -0.493 e. The van der Waals surface area contributed by atoms with Crippen molar-refractivity contribution in [3.63, 3.8) is 0 Å². The molecule has 0 bridgehead atoms. The third-order valence-electron chi connectivity index (χ3n) is 3.80. The highest BCUT2D eigenvalue weighted by atomic mass is 32.1. The molecule has 1 rings (SSSR count). The highest BCUT2D eigenvalue weighted by Gasteiger charge is 2.15. The van der Waals surface area contributed by atoms with Crippen molar-refractivity contribution in [3.05, 3.63) is 29.3 Å². The lowest BCUT2D eigenvalue weighted by atomic mass is 9.94. The van der Waals surface area contributed by atoms with E-state index in [1.54, 1.807) is 0 Å². The van der Waals surface area contributed by atoms with Crippen LogP contribution in [0.1, 0.15) is 70.4 Å². The van der Waals surface area contributed by atoms with Crippen molar-refractivity contribution in [1.29, 1.82) is 0 Å². The largest absolute Gasteiger partial charge is 0.493 e. The first-order valence-corrected chi connectivity index (χ1v) is 8.47. The van der Waals surface area contributed by atoms with E-state index in [1.165, 1.54) is 11.1 Å². The Kier molecular flexibility index (Phi) is 7.50. The third kappa shape index (κ3) is 5.05. The molecule has 114 valence electrons. The summed E-state index contributed by atoms with van der Waals surface area (Å²) in [6.07, 6.45) is 2.26.